The molecule has 0 bridgehead atoms. The molecule has 1 nitrogen and oxygen atoms in total. The topological polar surface area (TPSA) is 12.0 Å². The highest BCUT2D eigenvalue weighted by Crippen LogP contribution is 2.28. The molecule has 1 aromatic carbocycles. The molecule has 0 spiro atoms. The summed E-state index contributed by atoms with van der Waals surface area (Å²) in [5, 5.41) is 3.68. The molecule has 0 saturated carbocycles. The Balaban J connectivity index is 2.29. The van der Waals surface area contributed by atoms with Crippen LogP contribution in [0.15, 0.2) is 30.3 Å². The summed E-state index contributed by atoms with van der Waals surface area (Å²) >= 11 is 0. The van der Waals surface area contributed by atoms with Crippen LogP contribution in [0.1, 0.15) is 65.9 Å². The molecule has 0 aliphatic heterocycles. The Kier molecular flexibility index (Phi) is 7.29. The molecular weight excluding hydrogens is 242 g/mol. The Hall–Kier alpha value is -0.820. The quantitative estimate of drug-likeness (QED) is 0.614. The van der Waals surface area contributed by atoms with E-state index < -0.39 is 0 Å². The summed E-state index contributed by atoms with van der Waals surface area (Å²) in [6.07, 6.45) is 5.18. The van der Waals surface area contributed by atoms with Crippen molar-refractivity contribution >= 4 is 0 Å². The predicted octanol–water partition coefficient (Wildman–Crippen LogP) is 5.16. The van der Waals surface area contributed by atoms with Crippen molar-refractivity contribution in [3.63, 3.8) is 0 Å². The summed E-state index contributed by atoms with van der Waals surface area (Å²) in [5.41, 5.74) is 1.68. The number of benzene rings is 1. The molecule has 0 aromatic heterocycles. The lowest BCUT2D eigenvalue weighted by Gasteiger charge is -2.29. The first-order valence-corrected chi connectivity index (χ1v) is 8.21. The number of hydrogen-bond donors (Lipinski definition) is 1. The van der Waals surface area contributed by atoms with Crippen LogP contribution < -0.4 is 5.32 Å². The highest BCUT2D eigenvalue weighted by molar-refractivity contribution is 5.23. The molecule has 0 aliphatic carbocycles. The Morgan fingerprint density at radius 1 is 1.00 bits per heavy atom. The summed E-state index contributed by atoms with van der Waals surface area (Å²) in [5.74, 6) is 0.837. The SMILES string of the molecule is CC(C)CCCCNC(C)CC(C)(C)c1ccccc1. The van der Waals surface area contributed by atoms with Crippen molar-refractivity contribution in [2.24, 2.45) is 5.92 Å². The van der Waals surface area contributed by atoms with Crippen molar-refractivity contribution in [1.29, 1.82) is 0 Å². The summed E-state index contributed by atoms with van der Waals surface area (Å²) in [4.78, 5) is 0. The minimum atomic E-state index is 0.242. The third kappa shape index (κ3) is 6.56. The molecule has 0 heterocycles. The molecule has 114 valence electrons. The zero-order valence-electron chi connectivity index (χ0n) is 14.1. The number of hydrogen-bond acceptors (Lipinski definition) is 1. The largest absolute Gasteiger partial charge is 0.314 e. The second-order valence-corrected chi connectivity index (χ2v) is 7.20. The van der Waals surface area contributed by atoms with E-state index in [2.05, 4.69) is 70.3 Å². The Morgan fingerprint density at radius 2 is 1.65 bits per heavy atom. The van der Waals surface area contributed by atoms with Crippen molar-refractivity contribution in [3.8, 4) is 0 Å². The van der Waals surface area contributed by atoms with Gasteiger partial charge in [-0.05, 0) is 43.2 Å². The molecule has 1 heteroatoms. The average molecular weight is 275 g/mol. The van der Waals surface area contributed by atoms with Gasteiger partial charge in [-0.2, -0.15) is 0 Å². The van der Waals surface area contributed by atoms with Crippen LogP contribution in [-0.4, -0.2) is 12.6 Å². The molecule has 1 N–H and O–H groups in total. The van der Waals surface area contributed by atoms with Crippen molar-refractivity contribution in [3.05, 3.63) is 35.9 Å². The van der Waals surface area contributed by atoms with E-state index in [1.54, 1.807) is 0 Å². The zero-order chi connectivity index (χ0) is 15.0. The van der Waals surface area contributed by atoms with E-state index in [1.807, 2.05) is 0 Å². The Morgan fingerprint density at radius 3 is 2.25 bits per heavy atom. The number of nitrogens with one attached hydrogen (secondary N) is 1. The maximum absolute atomic E-state index is 3.68. The van der Waals surface area contributed by atoms with E-state index in [-0.39, 0.29) is 5.41 Å². The van der Waals surface area contributed by atoms with Gasteiger partial charge in [0.25, 0.3) is 0 Å². The van der Waals surface area contributed by atoms with Crippen LogP contribution in [-0.2, 0) is 5.41 Å². The van der Waals surface area contributed by atoms with Crippen molar-refractivity contribution in [2.75, 3.05) is 6.54 Å². The summed E-state index contributed by atoms with van der Waals surface area (Å²) in [6.45, 7) is 12.8. The normalized spacial score (nSPS) is 13.7. The molecule has 0 aliphatic rings. The van der Waals surface area contributed by atoms with Gasteiger partial charge >= 0.3 is 0 Å². The summed E-state index contributed by atoms with van der Waals surface area (Å²) < 4.78 is 0. The highest BCUT2D eigenvalue weighted by Gasteiger charge is 2.22. The fourth-order valence-electron chi connectivity index (χ4n) is 2.87. The van der Waals surface area contributed by atoms with Gasteiger partial charge in [0.15, 0.2) is 0 Å². The fourth-order valence-corrected chi connectivity index (χ4v) is 2.87. The molecule has 0 saturated heterocycles. The number of rotatable bonds is 9. The maximum Gasteiger partial charge on any atom is 0.00470 e. The molecule has 1 unspecified atom stereocenters. The van der Waals surface area contributed by atoms with E-state index in [0.717, 1.165) is 12.5 Å². The van der Waals surface area contributed by atoms with Gasteiger partial charge in [0, 0.05) is 6.04 Å². The van der Waals surface area contributed by atoms with Gasteiger partial charge in [0.1, 0.15) is 0 Å². The molecule has 20 heavy (non-hydrogen) atoms. The molecule has 0 amide bonds. The van der Waals surface area contributed by atoms with Crippen LogP contribution >= 0.6 is 0 Å². The third-order valence-corrected chi connectivity index (χ3v) is 4.07. The monoisotopic (exact) mass is 275 g/mol. The Bertz CT molecular complexity index is 353. The minimum absolute atomic E-state index is 0.242. The van der Waals surface area contributed by atoms with E-state index in [1.165, 1.54) is 31.2 Å². The van der Waals surface area contributed by atoms with E-state index in [9.17, 15) is 0 Å². The summed E-state index contributed by atoms with van der Waals surface area (Å²) in [7, 11) is 0. The molecule has 0 radical (unpaired) electrons. The first-order chi connectivity index (χ1) is 9.42. The lowest BCUT2D eigenvalue weighted by Crippen LogP contribution is -2.33. The van der Waals surface area contributed by atoms with Crippen LogP contribution in [0.4, 0.5) is 0 Å². The lowest BCUT2D eigenvalue weighted by molar-refractivity contribution is 0.384. The number of unbranched alkanes of at least 4 members (excludes halogenated alkanes) is 1. The standard InChI is InChI=1S/C19H33N/c1-16(2)11-9-10-14-20-17(3)15-19(4,5)18-12-7-6-8-13-18/h6-8,12-13,16-17,20H,9-11,14-15H2,1-5H3. The maximum atomic E-state index is 3.68. The zero-order valence-corrected chi connectivity index (χ0v) is 14.1. The fraction of sp³-hybridized carbons (Fsp3) is 0.684. The van der Waals surface area contributed by atoms with Gasteiger partial charge in [-0.25, -0.2) is 0 Å². The smallest absolute Gasteiger partial charge is 0.00470 e. The predicted molar refractivity (Wildman–Crippen MR) is 90.2 cm³/mol. The molecule has 1 atom stereocenters. The second-order valence-electron chi connectivity index (χ2n) is 7.20. The van der Waals surface area contributed by atoms with Gasteiger partial charge < -0.3 is 5.32 Å². The first kappa shape index (κ1) is 17.2. The van der Waals surface area contributed by atoms with Crippen LogP contribution in [0, 0.1) is 5.92 Å². The molecule has 1 rings (SSSR count). The van der Waals surface area contributed by atoms with Crippen LogP contribution in [0.3, 0.4) is 0 Å². The third-order valence-electron chi connectivity index (χ3n) is 4.07. The Labute approximate surface area is 126 Å². The molecule has 0 fully saturated rings. The van der Waals surface area contributed by atoms with Gasteiger partial charge in [-0.1, -0.05) is 70.9 Å². The van der Waals surface area contributed by atoms with Crippen LogP contribution in [0.2, 0.25) is 0 Å². The summed E-state index contributed by atoms with van der Waals surface area (Å²) in [6, 6.07) is 11.4. The van der Waals surface area contributed by atoms with Crippen LogP contribution in [0.25, 0.3) is 0 Å². The van der Waals surface area contributed by atoms with E-state index >= 15 is 0 Å². The van der Waals surface area contributed by atoms with Gasteiger partial charge in [-0.3, -0.25) is 0 Å². The van der Waals surface area contributed by atoms with Gasteiger partial charge in [0.2, 0.25) is 0 Å². The highest BCUT2D eigenvalue weighted by atomic mass is 14.9. The van der Waals surface area contributed by atoms with E-state index in [0.29, 0.717) is 6.04 Å². The molecular formula is C19H33N. The first-order valence-electron chi connectivity index (χ1n) is 8.21. The van der Waals surface area contributed by atoms with Crippen molar-refractivity contribution in [1.82, 2.24) is 5.32 Å². The van der Waals surface area contributed by atoms with Crippen molar-refractivity contribution < 1.29 is 0 Å². The van der Waals surface area contributed by atoms with Gasteiger partial charge in [0.05, 0.1) is 0 Å². The average Bonchev–Trinajstić information content (AvgIpc) is 2.38. The minimum Gasteiger partial charge on any atom is -0.314 e. The van der Waals surface area contributed by atoms with E-state index in [4.69, 9.17) is 0 Å². The van der Waals surface area contributed by atoms with Crippen LogP contribution in [0.5, 0.6) is 0 Å². The molecule has 1 aromatic rings. The van der Waals surface area contributed by atoms with Gasteiger partial charge in [-0.15, -0.1) is 0 Å². The lowest BCUT2D eigenvalue weighted by atomic mass is 9.79. The van der Waals surface area contributed by atoms with Crippen molar-refractivity contribution in [2.45, 2.75) is 71.8 Å². The second kappa shape index (κ2) is 8.46.